The number of hydrogen-bond donors (Lipinski definition) is 1. The van der Waals surface area contributed by atoms with Crippen LogP contribution in [0.2, 0.25) is 0 Å². The largest absolute Gasteiger partial charge is 0.395 e. The van der Waals surface area contributed by atoms with Gasteiger partial charge in [-0.15, -0.1) is 0 Å². The van der Waals surface area contributed by atoms with Gasteiger partial charge < -0.3 is 5.11 Å². The molecule has 0 aromatic rings. The Kier molecular flexibility index (Phi) is 5.21. The maximum atomic E-state index is 11.6. The summed E-state index contributed by atoms with van der Waals surface area (Å²) in [5.74, 6) is 0.263. The molecule has 1 aliphatic rings. The normalized spacial score (nSPS) is 17.3. The molecule has 1 aliphatic carbocycles. The van der Waals surface area contributed by atoms with E-state index in [1.54, 1.807) is 13.8 Å². The third kappa shape index (κ3) is 4.39. The van der Waals surface area contributed by atoms with Gasteiger partial charge in [0, 0.05) is 12.6 Å². The smallest absolute Gasteiger partial charge is 0.152 e. The standard InChI is InChI=1S/C11H23NO3S/c1-10(2)16(14,15)9-3-6-12(7-8-13)11-4-5-11/h10-11,13H,3-9H2,1-2H3. The Bertz CT molecular complexity index is 296. The SMILES string of the molecule is CC(C)S(=O)(=O)CCCN(CCO)C1CC1. The fourth-order valence-electron chi connectivity index (χ4n) is 1.75. The second-order valence-corrected chi connectivity index (χ2v) is 7.44. The molecule has 4 nitrogen and oxygen atoms in total. The van der Waals surface area contributed by atoms with Crippen LogP contribution in [0.25, 0.3) is 0 Å². The van der Waals surface area contributed by atoms with Gasteiger partial charge in [0.2, 0.25) is 0 Å². The minimum Gasteiger partial charge on any atom is -0.395 e. The molecule has 0 radical (unpaired) electrons. The van der Waals surface area contributed by atoms with Crippen molar-refractivity contribution >= 4 is 9.84 Å². The van der Waals surface area contributed by atoms with Crippen LogP contribution in [-0.4, -0.2) is 55.2 Å². The predicted octanol–water partition coefficient (Wildman–Crippen LogP) is 0.656. The molecule has 96 valence electrons. The molecule has 0 heterocycles. The van der Waals surface area contributed by atoms with Gasteiger partial charge in [0.15, 0.2) is 9.84 Å². The second kappa shape index (κ2) is 5.98. The van der Waals surface area contributed by atoms with E-state index >= 15 is 0 Å². The van der Waals surface area contributed by atoms with E-state index in [0.717, 1.165) is 6.54 Å². The Morgan fingerprint density at radius 1 is 1.31 bits per heavy atom. The maximum absolute atomic E-state index is 11.6. The molecule has 1 N–H and O–H groups in total. The highest BCUT2D eigenvalue weighted by Gasteiger charge is 2.28. The average Bonchev–Trinajstić information content (AvgIpc) is 2.99. The summed E-state index contributed by atoms with van der Waals surface area (Å²) in [5, 5.41) is 8.62. The fourth-order valence-corrected chi connectivity index (χ4v) is 2.75. The second-order valence-electron chi connectivity index (χ2n) is 4.76. The van der Waals surface area contributed by atoms with Crippen molar-refractivity contribution in [3.05, 3.63) is 0 Å². The van der Waals surface area contributed by atoms with Gasteiger partial charge in [0.05, 0.1) is 17.6 Å². The van der Waals surface area contributed by atoms with Gasteiger partial charge in [-0.05, 0) is 39.7 Å². The maximum Gasteiger partial charge on any atom is 0.152 e. The zero-order valence-corrected chi connectivity index (χ0v) is 11.0. The monoisotopic (exact) mass is 249 g/mol. The van der Waals surface area contributed by atoms with E-state index in [1.165, 1.54) is 12.8 Å². The van der Waals surface area contributed by atoms with Gasteiger partial charge in [-0.3, -0.25) is 4.90 Å². The van der Waals surface area contributed by atoms with Gasteiger partial charge in [0.1, 0.15) is 0 Å². The lowest BCUT2D eigenvalue weighted by atomic mass is 10.4. The average molecular weight is 249 g/mol. The van der Waals surface area contributed by atoms with E-state index in [1.807, 2.05) is 0 Å². The highest BCUT2D eigenvalue weighted by molar-refractivity contribution is 7.91. The summed E-state index contributed by atoms with van der Waals surface area (Å²) >= 11 is 0. The fraction of sp³-hybridized carbons (Fsp3) is 1.00. The first-order valence-corrected chi connectivity index (χ1v) is 7.75. The Morgan fingerprint density at radius 3 is 2.38 bits per heavy atom. The minimum atomic E-state index is -2.90. The summed E-state index contributed by atoms with van der Waals surface area (Å²) in [6.45, 7) is 5.07. The molecule has 0 amide bonds. The van der Waals surface area contributed by atoms with E-state index in [-0.39, 0.29) is 17.6 Å². The molecule has 5 heteroatoms. The van der Waals surface area contributed by atoms with Crippen molar-refractivity contribution in [2.45, 2.75) is 44.4 Å². The summed E-state index contributed by atoms with van der Waals surface area (Å²) in [6.07, 6.45) is 3.06. The van der Waals surface area contributed by atoms with Crippen molar-refractivity contribution in [3.8, 4) is 0 Å². The number of aliphatic hydroxyl groups excluding tert-OH is 1. The van der Waals surface area contributed by atoms with Crippen molar-refractivity contribution in [1.29, 1.82) is 0 Å². The lowest BCUT2D eigenvalue weighted by Gasteiger charge is -2.20. The van der Waals surface area contributed by atoms with Crippen LogP contribution < -0.4 is 0 Å². The van der Waals surface area contributed by atoms with E-state index in [2.05, 4.69) is 4.90 Å². The zero-order chi connectivity index (χ0) is 12.2. The van der Waals surface area contributed by atoms with Crippen molar-refractivity contribution in [3.63, 3.8) is 0 Å². The number of rotatable bonds is 8. The Hall–Kier alpha value is -0.130. The van der Waals surface area contributed by atoms with Crippen molar-refractivity contribution in [2.24, 2.45) is 0 Å². The molecule has 16 heavy (non-hydrogen) atoms. The molecule has 1 rings (SSSR count). The molecule has 0 unspecified atom stereocenters. The van der Waals surface area contributed by atoms with E-state index < -0.39 is 9.84 Å². The quantitative estimate of drug-likeness (QED) is 0.686. The molecular formula is C11H23NO3S. The lowest BCUT2D eigenvalue weighted by Crippen LogP contribution is -2.31. The molecule has 1 saturated carbocycles. The lowest BCUT2D eigenvalue weighted by molar-refractivity contribution is 0.189. The van der Waals surface area contributed by atoms with Crippen LogP contribution in [0, 0.1) is 0 Å². The van der Waals surface area contributed by atoms with E-state index in [9.17, 15) is 8.42 Å². The molecular weight excluding hydrogens is 226 g/mol. The molecule has 0 spiro atoms. The van der Waals surface area contributed by atoms with E-state index in [4.69, 9.17) is 5.11 Å². The topological polar surface area (TPSA) is 57.6 Å². The predicted molar refractivity (Wildman–Crippen MR) is 65.2 cm³/mol. The first-order valence-electron chi connectivity index (χ1n) is 6.04. The molecule has 0 bridgehead atoms. The molecule has 0 atom stereocenters. The Labute approximate surface area is 98.6 Å². The van der Waals surface area contributed by atoms with Crippen LogP contribution >= 0.6 is 0 Å². The Balaban J connectivity index is 2.27. The molecule has 0 saturated heterocycles. The summed E-state index contributed by atoms with van der Waals surface area (Å²) < 4.78 is 23.2. The minimum absolute atomic E-state index is 0.160. The number of sulfone groups is 1. The first-order chi connectivity index (χ1) is 7.47. The molecule has 0 aromatic carbocycles. The summed E-state index contributed by atoms with van der Waals surface area (Å²) in [6, 6.07) is 0.592. The van der Waals surface area contributed by atoms with Gasteiger partial charge in [-0.25, -0.2) is 8.42 Å². The van der Waals surface area contributed by atoms with Crippen LogP contribution in [0.3, 0.4) is 0 Å². The number of hydrogen-bond acceptors (Lipinski definition) is 4. The van der Waals surface area contributed by atoms with Crippen molar-refractivity contribution in [1.82, 2.24) is 4.90 Å². The van der Waals surface area contributed by atoms with Crippen LogP contribution in [-0.2, 0) is 9.84 Å². The summed E-state index contributed by atoms with van der Waals surface area (Å²) in [5.41, 5.74) is 0. The zero-order valence-electron chi connectivity index (χ0n) is 10.2. The van der Waals surface area contributed by atoms with Gasteiger partial charge >= 0.3 is 0 Å². The van der Waals surface area contributed by atoms with E-state index in [0.29, 0.717) is 19.0 Å². The highest BCUT2D eigenvalue weighted by atomic mass is 32.2. The van der Waals surface area contributed by atoms with Crippen LogP contribution in [0.1, 0.15) is 33.1 Å². The van der Waals surface area contributed by atoms with Gasteiger partial charge in [-0.1, -0.05) is 0 Å². The van der Waals surface area contributed by atoms with Gasteiger partial charge in [0.25, 0.3) is 0 Å². The highest BCUT2D eigenvalue weighted by Crippen LogP contribution is 2.26. The van der Waals surface area contributed by atoms with Gasteiger partial charge in [-0.2, -0.15) is 0 Å². The molecule has 0 aromatic heterocycles. The van der Waals surface area contributed by atoms with Crippen LogP contribution in [0.4, 0.5) is 0 Å². The summed E-state index contributed by atoms with van der Waals surface area (Å²) in [4.78, 5) is 2.20. The summed E-state index contributed by atoms with van der Waals surface area (Å²) in [7, 11) is -2.90. The van der Waals surface area contributed by atoms with Crippen LogP contribution in [0.15, 0.2) is 0 Å². The third-order valence-corrected chi connectivity index (χ3v) is 5.34. The Morgan fingerprint density at radius 2 is 1.94 bits per heavy atom. The first kappa shape index (κ1) is 13.9. The molecule has 0 aliphatic heterocycles. The molecule has 1 fully saturated rings. The van der Waals surface area contributed by atoms with Crippen molar-refractivity contribution in [2.75, 3.05) is 25.4 Å². The number of nitrogens with zero attached hydrogens (tertiary/aromatic N) is 1. The van der Waals surface area contributed by atoms with Crippen molar-refractivity contribution < 1.29 is 13.5 Å². The van der Waals surface area contributed by atoms with Crippen LogP contribution in [0.5, 0.6) is 0 Å². The third-order valence-electron chi connectivity index (χ3n) is 3.04. The number of aliphatic hydroxyl groups is 1.